The highest BCUT2D eigenvalue weighted by Gasteiger charge is 2.50. The molecule has 2 unspecified atom stereocenters. The van der Waals surface area contributed by atoms with Gasteiger partial charge in [-0.05, 0) is 65.9 Å². The number of pyridine rings is 2. The van der Waals surface area contributed by atoms with Crippen LogP contribution in [0, 0.1) is 0 Å². The molecule has 10 rings (SSSR count). The second-order valence-corrected chi connectivity index (χ2v) is 13.4. The fourth-order valence-electron chi connectivity index (χ4n) is 8.05. The van der Waals surface area contributed by atoms with Crippen LogP contribution in [0.3, 0.4) is 0 Å². The Morgan fingerprint density at radius 2 is 1.27 bits per heavy atom. The summed E-state index contributed by atoms with van der Waals surface area (Å²) in [7, 11) is 0. The standard InChI is InChI=1S/C47H34N4O/c1-2-11-31(12-3-1)39-24-21-32-19-20-33-22-25-40(51-46(33)45(32)50-39)36-14-10-13-34(29-36)35-23-26-42-38(30-35)47(43-17-6-8-27-48-43,44-18-7-9-28-49-44)37-15-4-5-16-41(37)52-42/h1-27,29-30,43,48-49H,28H2. The van der Waals surface area contributed by atoms with E-state index < -0.39 is 5.41 Å². The number of rotatable bonds is 5. The van der Waals surface area contributed by atoms with Crippen LogP contribution in [0.4, 0.5) is 0 Å². The zero-order valence-corrected chi connectivity index (χ0v) is 28.3. The monoisotopic (exact) mass is 670 g/mol. The lowest BCUT2D eigenvalue weighted by atomic mass is 9.64. The molecular weight excluding hydrogens is 637 g/mol. The molecule has 7 aromatic rings. The number of hydrogen-bond donors (Lipinski definition) is 2. The third-order valence-electron chi connectivity index (χ3n) is 10.5. The van der Waals surface area contributed by atoms with E-state index in [1.54, 1.807) is 0 Å². The summed E-state index contributed by atoms with van der Waals surface area (Å²) in [6.45, 7) is 0.761. The van der Waals surface area contributed by atoms with E-state index in [2.05, 4.69) is 150 Å². The van der Waals surface area contributed by atoms with Gasteiger partial charge in [0.25, 0.3) is 0 Å². The van der Waals surface area contributed by atoms with Gasteiger partial charge in [-0.3, -0.25) is 0 Å². The number of ether oxygens (including phenoxy) is 1. The van der Waals surface area contributed by atoms with Crippen molar-refractivity contribution in [3.05, 3.63) is 193 Å². The normalized spacial score (nSPS) is 18.5. The Hall–Kier alpha value is -6.72. The van der Waals surface area contributed by atoms with E-state index in [1.807, 2.05) is 36.5 Å². The van der Waals surface area contributed by atoms with E-state index in [1.165, 1.54) is 0 Å². The van der Waals surface area contributed by atoms with Gasteiger partial charge >= 0.3 is 0 Å². The minimum Gasteiger partial charge on any atom is -0.457 e. The minimum absolute atomic E-state index is 0.0548. The highest BCUT2D eigenvalue weighted by Crippen LogP contribution is 2.54. The second kappa shape index (κ2) is 12.3. The smallest absolute Gasteiger partial charge is 0.132 e. The van der Waals surface area contributed by atoms with Crippen molar-refractivity contribution in [3.63, 3.8) is 0 Å². The van der Waals surface area contributed by atoms with Crippen LogP contribution in [0.1, 0.15) is 11.1 Å². The van der Waals surface area contributed by atoms with Crippen molar-refractivity contribution >= 4 is 21.8 Å². The van der Waals surface area contributed by atoms with Gasteiger partial charge < -0.3 is 15.4 Å². The van der Waals surface area contributed by atoms with Crippen molar-refractivity contribution in [1.29, 1.82) is 0 Å². The Kier molecular flexibility index (Phi) is 7.10. The highest BCUT2D eigenvalue weighted by atomic mass is 16.5. The average molecular weight is 671 g/mol. The summed E-state index contributed by atoms with van der Waals surface area (Å²) in [5.41, 5.74) is 10.8. The lowest BCUT2D eigenvalue weighted by Gasteiger charge is -2.47. The fraction of sp³-hybridized carbons (Fsp3) is 0.0638. The molecule has 2 atom stereocenters. The summed E-state index contributed by atoms with van der Waals surface area (Å²) in [6.07, 6.45) is 15.0. The summed E-state index contributed by atoms with van der Waals surface area (Å²) >= 11 is 0. The molecule has 5 aromatic carbocycles. The number of dihydropyridines is 2. The number of benzene rings is 5. The van der Waals surface area contributed by atoms with Crippen LogP contribution in [0.15, 0.2) is 182 Å². The molecule has 0 radical (unpaired) electrons. The van der Waals surface area contributed by atoms with Crippen LogP contribution < -0.4 is 15.4 Å². The van der Waals surface area contributed by atoms with Gasteiger partial charge in [0.05, 0.1) is 33.9 Å². The van der Waals surface area contributed by atoms with Crippen molar-refractivity contribution in [2.75, 3.05) is 6.54 Å². The molecular formula is C47H34N4O. The van der Waals surface area contributed by atoms with Crippen LogP contribution in [0.25, 0.3) is 55.4 Å². The van der Waals surface area contributed by atoms with Gasteiger partial charge in [-0.2, -0.15) is 0 Å². The maximum absolute atomic E-state index is 6.65. The van der Waals surface area contributed by atoms with Crippen LogP contribution >= 0.6 is 0 Å². The maximum atomic E-state index is 6.65. The Bertz CT molecular complexity index is 2660. The molecule has 0 fully saturated rings. The van der Waals surface area contributed by atoms with Crippen LogP contribution in [0.2, 0.25) is 0 Å². The molecule has 0 spiro atoms. The van der Waals surface area contributed by atoms with E-state index >= 15 is 0 Å². The Balaban J connectivity index is 1.11. The SMILES string of the molecule is C1=CCNC(C2(C3C=CC=CN3)c3ccccc3Oc3ccc(-c4cccc(-c5ccc6ccc7ccc(-c8ccccc8)nc7c6n5)c4)cc32)=C1. The molecule has 0 bridgehead atoms. The molecule has 3 aliphatic rings. The highest BCUT2D eigenvalue weighted by molar-refractivity contribution is 6.04. The first-order valence-electron chi connectivity index (χ1n) is 17.7. The summed E-state index contributed by atoms with van der Waals surface area (Å²) < 4.78 is 6.65. The molecule has 2 aromatic heterocycles. The molecule has 5 nitrogen and oxygen atoms in total. The second-order valence-electron chi connectivity index (χ2n) is 13.4. The zero-order chi connectivity index (χ0) is 34.5. The topological polar surface area (TPSA) is 59.1 Å². The van der Waals surface area contributed by atoms with Crippen LogP contribution in [0.5, 0.6) is 11.5 Å². The molecule has 3 aliphatic heterocycles. The van der Waals surface area contributed by atoms with E-state index in [9.17, 15) is 0 Å². The van der Waals surface area contributed by atoms with E-state index in [-0.39, 0.29) is 6.04 Å². The van der Waals surface area contributed by atoms with Gasteiger partial charge in [0.15, 0.2) is 0 Å². The molecule has 5 heterocycles. The molecule has 52 heavy (non-hydrogen) atoms. The number of nitrogens with one attached hydrogen (secondary N) is 2. The third kappa shape index (κ3) is 4.85. The van der Waals surface area contributed by atoms with Crippen LogP contribution in [-0.4, -0.2) is 22.6 Å². The van der Waals surface area contributed by atoms with Crippen molar-refractivity contribution in [1.82, 2.24) is 20.6 Å². The quantitative estimate of drug-likeness (QED) is 0.179. The number of fused-ring (bicyclic) bond motifs is 5. The van der Waals surface area contributed by atoms with Crippen molar-refractivity contribution in [2.45, 2.75) is 11.5 Å². The summed E-state index contributed by atoms with van der Waals surface area (Å²) in [5.74, 6) is 1.72. The first kappa shape index (κ1) is 30.1. The number of aromatic nitrogens is 2. The van der Waals surface area contributed by atoms with E-state index in [0.29, 0.717) is 0 Å². The van der Waals surface area contributed by atoms with E-state index in [4.69, 9.17) is 14.7 Å². The molecule has 248 valence electrons. The lowest BCUT2D eigenvalue weighted by molar-refractivity contribution is 0.373. The van der Waals surface area contributed by atoms with Crippen molar-refractivity contribution < 1.29 is 4.74 Å². The third-order valence-corrected chi connectivity index (χ3v) is 10.5. The summed E-state index contributed by atoms with van der Waals surface area (Å²) in [5, 5.41) is 9.58. The Morgan fingerprint density at radius 3 is 2.04 bits per heavy atom. The molecule has 5 heteroatoms. The molecule has 0 saturated heterocycles. The molecule has 2 N–H and O–H groups in total. The van der Waals surface area contributed by atoms with Gasteiger partial charge in [-0.25, -0.2) is 9.97 Å². The van der Waals surface area contributed by atoms with Crippen molar-refractivity contribution in [3.8, 4) is 45.1 Å². The first-order chi connectivity index (χ1) is 25.8. The number of allylic oxidation sites excluding steroid dienone is 4. The maximum Gasteiger partial charge on any atom is 0.132 e. The van der Waals surface area contributed by atoms with Gasteiger partial charge in [-0.15, -0.1) is 0 Å². The Morgan fingerprint density at radius 1 is 0.577 bits per heavy atom. The van der Waals surface area contributed by atoms with Crippen molar-refractivity contribution in [2.24, 2.45) is 0 Å². The van der Waals surface area contributed by atoms with Gasteiger partial charge in [0, 0.05) is 45.3 Å². The lowest BCUT2D eigenvalue weighted by Crippen LogP contribution is -2.53. The summed E-state index contributed by atoms with van der Waals surface area (Å²) in [4.78, 5) is 10.4. The van der Waals surface area contributed by atoms with Crippen LogP contribution in [-0.2, 0) is 5.41 Å². The number of nitrogens with zero attached hydrogens (tertiary/aromatic N) is 2. The molecule has 0 saturated carbocycles. The fourth-order valence-corrected chi connectivity index (χ4v) is 8.05. The zero-order valence-electron chi connectivity index (χ0n) is 28.3. The average Bonchev–Trinajstić information content (AvgIpc) is 3.23. The predicted octanol–water partition coefficient (Wildman–Crippen LogP) is 10.3. The number of hydrogen-bond acceptors (Lipinski definition) is 5. The van der Waals surface area contributed by atoms with Gasteiger partial charge in [0.2, 0.25) is 0 Å². The van der Waals surface area contributed by atoms with E-state index in [0.717, 1.165) is 90.3 Å². The molecule has 0 aliphatic carbocycles. The van der Waals surface area contributed by atoms with Gasteiger partial charge in [-0.1, -0.05) is 121 Å². The largest absolute Gasteiger partial charge is 0.457 e. The predicted molar refractivity (Wildman–Crippen MR) is 211 cm³/mol. The number of para-hydroxylation sites is 1. The Labute approximate surface area is 302 Å². The summed E-state index contributed by atoms with van der Waals surface area (Å²) in [6, 6.07) is 46.7. The molecule has 0 amide bonds. The minimum atomic E-state index is -0.573. The van der Waals surface area contributed by atoms with Gasteiger partial charge in [0.1, 0.15) is 11.5 Å². The first-order valence-corrected chi connectivity index (χ1v) is 17.7.